The first kappa shape index (κ1) is 15.9. The molecule has 0 spiro atoms. The molecule has 0 aromatic heterocycles. The van der Waals surface area contributed by atoms with Gasteiger partial charge < -0.3 is 15.2 Å². The molecule has 3 nitrogen and oxygen atoms in total. The minimum absolute atomic E-state index is 0.372. The van der Waals surface area contributed by atoms with Crippen LogP contribution < -0.4 is 5.32 Å². The largest absolute Gasteiger partial charge is 0.389 e. The zero-order valence-corrected chi connectivity index (χ0v) is 12.3. The van der Waals surface area contributed by atoms with Crippen LogP contribution >= 0.6 is 0 Å². The quantitative estimate of drug-likeness (QED) is 0.702. The number of rotatable bonds is 8. The van der Waals surface area contributed by atoms with E-state index >= 15 is 0 Å². The van der Waals surface area contributed by atoms with E-state index in [0.717, 1.165) is 6.54 Å². The van der Waals surface area contributed by atoms with Crippen molar-refractivity contribution in [2.24, 2.45) is 11.8 Å². The monoisotopic (exact) mass is 257 g/mol. The van der Waals surface area contributed by atoms with E-state index in [2.05, 4.69) is 26.1 Å². The molecular weight excluding hydrogens is 226 g/mol. The second kappa shape index (κ2) is 8.89. The molecule has 1 fully saturated rings. The highest BCUT2D eigenvalue weighted by atomic mass is 16.5. The summed E-state index contributed by atoms with van der Waals surface area (Å²) in [5, 5.41) is 13.1. The van der Waals surface area contributed by atoms with Crippen LogP contribution in [-0.4, -0.2) is 37.0 Å². The third kappa shape index (κ3) is 6.17. The van der Waals surface area contributed by atoms with Crippen LogP contribution in [0.25, 0.3) is 0 Å². The van der Waals surface area contributed by atoms with E-state index in [1.54, 1.807) is 0 Å². The normalized spacial score (nSPS) is 26.5. The van der Waals surface area contributed by atoms with Crippen molar-refractivity contribution in [3.63, 3.8) is 0 Å². The number of hydrogen-bond donors (Lipinski definition) is 2. The molecule has 0 amide bonds. The molecular formula is C15H31NO2. The van der Waals surface area contributed by atoms with Crippen molar-refractivity contribution in [3.05, 3.63) is 0 Å². The van der Waals surface area contributed by atoms with E-state index in [1.165, 1.54) is 32.1 Å². The number of aliphatic hydroxyl groups excluding tert-OH is 1. The zero-order valence-electron chi connectivity index (χ0n) is 12.3. The third-order valence-electron chi connectivity index (χ3n) is 3.80. The van der Waals surface area contributed by atoms with Crippen LogP contribution in [0.1, 0.15) is 52.9 Å². The smallest absolute Gasteiger partial charge is 0.0897 e. The maximum atomic E-state index is 9.86. The fourth-order valence-electron chi connectivity index (χ4n) is 2.69. The first-order valence-corrected chi connectivity index (χ1v) is 7.63. The lowest BCUT2D eigenvalue weighted by Crippen LogP contribution is -2.36. The van der Waals surface area contributed by atoms with Gasteiger partial charge in [0.05, 0.1) is 18.8 Å². The van der Waals surface area contributed by atoms with Crippen molar-refractivity contribution < 1.29 is 9.84 Å². The third-order valence-corrected chi connectivity index (χ3v) is 3.80. The first-order chi connectivity index (χ1) is 8.63. The number of aliphatic hydroxyl groups is 1. The molecule has 0 heterocycles. The molecule has 0 bridgehead atoms. The molecule has 0 aliphatic heterocycles. The maximum absolute atomic E-state index is 9.86. The Morgan fingerprint density at radius 1 is 1.22 bits per heavy atom. The SMILES string of the molecule is CCC1CCCCC1OCC(O)CNCC(C)C. The Balaban J connectivity index is 2.14. The van der Waals surface area contributed by atoms with Crippen LogP contribution in [0.2, 0.25) is 0 Å². The predicted molar refractivity (Wildman–Crippen MR) is 75.7 cm³/mol. The van der Waals surface area contributed by atoms with Gasteiger partial charge in [-0.25, -0.2) is 0 Å². The highest BCUT2D eigenvalue weighted by molar-refractivity contribution is 4.75. The molecule has 3 atom stereocenters. The van der Waals surface area contributed by atoms with Gasteiger partial charge in [0.25, 0.3) is 0 Å². The minimum atomic E-state index is -0.372. The summed E-state index contributed by atoms with van der Waals surface area (Å²) >= 11 is 0. The van der Waals surface area contributed by atoms with Crippen molar-refractivity contribution in [3.8, 4) is 0 Å². The summed E-state index contributed by atoms with van der Waals surface area (Å²) in [6.45, 7) is 8.66. The number of ether oxygens (including phenoxy) is 1. The van der Waals surface area contributed by atoms with Gasteiger partial charge in [-0.15, -0.1) is 0 Å². The topological polar surface area (TPSA) is 41.5 Å². The zero-order chi connectivity index (χ0) is 13.4. The van der Waals surface area contributed by atoms with E-state index in [1.807, 2.05) is 0 Å². The molecule has 1 saturated carbocycles. The average molecular weight is 257 g/mol. The molecule has 0 aromatic carbocycles. The fourth-order valence-corrected chi connectivity index (χ4v) is 2.69. The molecule has 1 rings (SSSR count). The Morgan fingerprint density at radius 2 is 1.94 bits per heavy atom. The maximum Gasteiger partial charge on any atom is 0.0897 e. The standard InChI is InChI=1S/C15H31NO2/c1-4-13-7-5-6-8-15(13)18-11-14(17)10-16-9-12(2)3/h12-17H,4-11H2,1-3H3. The van der Waals surface area contributed by atoms with Crippen molar-refractivity contribution in [1.29, 1.82) is 0 Å². The van der Waals surface area contributed by atoms with Gasteiger partial charge in [0, 0.05) is 6.54 Å². The molecule has 2 N–H and O–H groups in total. The van der Waals surface area contributed by atoms with Crippen LogP contribution in [0.5, 0.6) is 0 Å². The molecule has 0 saturated heterocycles. The van der Waals surface area contributed by atoms with Gasteiger partial charge in [0.15, 0.2) is 0 Å². The molecule has 18 heavy (non-hydrogen) atoms. The molecule has 1 aliphatic carbocycles. The predicted octanol–water partition coefficient (Wildman–Crippen LogP) is 2.58. The summed E-state index contributed by atoms with van der Waals surface area (Å²) in [5.74, 6) is 1.33. The Morgan fingerprint density at radius 3 is 2.61 bits per heavy atom. The van der Waals surface area contributed by atoms with E-state index in [4.69, 9.17) is 4.74 Å². The van der Waals surface area contributed by atoms with Crippen molar-refractivity contribution in [2.45, 2.75) is 65.1 Å². The summed E-state index contributed by atoms with van der Waals surface area (Å²) < 4.78 is 5.92. The summed E-state index contributed by atoms with van der Waals surface area (Å²) in [6, 6.07) is 0. The molecule has 108 valence electrons. The van der Waals surface area contributed by atoms with Gasteiger partial charge in [-0.1, -0.05) is 40.0 Å². The highest BCUT2D eigenvalue weighted by Gasteiger charge is 2.24. The summed E-state index contributed by atoms with van der Waals surface area (Å²) in [7, 11) is 0. The second-order valence-electron chi connectivity index (χ2n) is 6.03. The van der Waals surface area contributed by atoms with Gasteiger partial charge >= 0.3 is 0 Å². The van der Waals surface area contributed by atoms with E-state index in [-0.39, 0.29) is 6.10 Å². The van der Waals surface area contributed by atoms with Gasteiger partial charge in [-0.05, 0) is 31.2 Å². The summed E-state index contributed by atoms with van der Waals surface area (Å²) in [4.78, 5) is 0. The average Bonchev–Trinajstić information content (AvgIpc) is 2.36. The van der Waals surface area contributed by atoms with Crippen LogP contribution in [0, 0.1) is 11.8 Å². The lowest BCUT2D eigenvalue weighted by atomic mass is 9.85. The van der Waals surface area contributed by atoms with Crippen molar-refractivity contribution >= 4 is 0 Å². The van der Waals surface area contributed by atoms with Gasteiger partial charge in [0.2, 0.25) is 0 Å². The lowest BCUT2D eigenvalue weighted by molar-refractivity contribution is -0.0499. The Labute approximate surface area is 112 Å². The first-order valence-electron chi connectivity index (χ1n) is 7.63. The molecule has 0 aromatic rings. The number of hydrogen-bond acceptors (Lipinski definition) is 3. The summed E-state index contributed by atoms with van der Waals surface area (Å²) in [5.41, 5.74) is 0. The van der Waals surface area contributed by atoms with Crippen molar-refractivity contribution in [2.75, 3.05) is 19.7 Å². The van der Waals surface area contributed by atoms with E-state index in [0.29, 0.717) is 31.1 Å². The van der Waals surface area contributed by atoms with Gasteiger partial charge in [0.1, 0.15) is 0 Å². The Bertz CT molecular complexity index is 209. The highest BCUT2D eigenvalue weighted by Crippen LogP contribution is 2.29. The fraction of sp³-hybridized carbons (Fsp3) is 1.00. The van der Waals surface area contributed by atoms with Crippen LogP contribution in [0.3, 0.4) is 0 Å². The van der Waals surface area contributed by atoms with Crippen LogP contribution in [-0.2, 0) is 4.74 Å². The lowest BCUT2D eigenvalue weighted by Gasteiger charge is -2.31. The van der Waals surface area contributed by atoms with Gasteiger partial charge in [-0.2, -0.15) is 0 Å². The molecule has 3 unspecified atom stereocenters. The second-order valence-corrected chi connectivity index (χ2v) is 6.03. The van der Waals surface area contributed by atoms with Crippen molar-refractivity contribution in [1.82, 2.24) is 5.32 Å². The minimum Gasteiger partial charge on any atom is -0.389 e. The number of nitrogens with one attached hydrogen (secondary N) is 1. The Hall–Kier alpha value is -0.120. The van der Waals surface area contributed by atoms with Crippen LogP contribution in [0.4, 0.5) is 0 Å². The van der Waals surface area contributed by atoms with E-state index < -0.39 is 0 Å². The molecule has 0 radical (unpaired) electrons. The Kier molecular flexibility index (Phi) is 7.87. The molecule has 3 heteroatoms. The summed E-state index contributed by atoms with van der Waals surface area (Å²) in [6.07, 6.45) is 6.30. The molecule has 1 aliphatic rings. The van der Waals surface area contributed by atoms with Gasteiger partial charge in [-0.3, -0.25) is 0 Å². The van der Waals surface area contributed by atoms with E-state index in [9.17, 15) is 5.11 Å². The van der Waals surface area contributed by atoms with Crippen LogP contribution in [0.15, 0.2) is 0 Å².